The molecule has 0 amide bonds. The van der Waals surface area contributed by atoms with Gasteiger partial charge in [0.25, 0.3) is 0 Å². The van der Waals surface area contributed by atoms with Gasteiger partial charge in [0.2, 0.25) is 0 Å². The van der Waals surface area contributed by atoms with Crippen LogP contribution in [0, 0.1) is 5.41 Å². The summed E-state index contributed by atoms with van der Waals surface area (Å²) >= 11 is 5.01. The molecule has 1 saturated carbocycles. The summed E-state index contributed by atoms with van der Waals surface area (Å²) in [5, 5.41) is 13.7. The molecule has 0 bridgehead atoms. The van der Waals surface area contributed by atoms with Crippen LogP contribution in [0.4, 0.5) is 5.69 Å². The Morgan fingerprint density at radius 3 is 2.56 bits per heavy atom. The molecule has 0 aromatic heterocycles. The van der Waals surface area contributed by atoms with E-state index >= 15 is 0 Å². The largest absolute Gasteiger partial charge is 0.404 e. The van der Waals surface area contributed by atoms with Gasteiger partial charge in [-0.05, 0) is 60.6 Å². The van der Waals surface area contributed by atoms with E-state index in [1.165, 1.54) is 17.1 Å². The lowest BCUT2D eigenvalue weighted by molar-refractivity contribution is 0.342. The van der Waals surface area contributed by atoms with Gasteiger partial charge in [0, 0.05) is 47.0 Å². The summed E-state index contributed by atoms with van der Waals surface area (Å²) in [5.74, 6) is 0. The van der Waals surface area contributed by atoms with Gasteiger partial charge < -0.3 is 28.3 Å². The first-order valence-corrected chi connectivity index (χ1v) is 11.3. The van der Waals surface area contributed by atoms with Crippen LogP contribution in [-0.2, 0) is 6.54 Å². The predicted octanol–water partition coefficient (Wildman–Crippen LogP) is 3.30. The van der Waals surface area contributed by atoms with Crippen LogP contribution in [0.3, 0.4) is 0 Å². The number of nitrogens with one attached hydrogen (secondary N) is 2. The van der Waals surface area contributed by atoms with Crippen molar-refractivity contribution < 1.29 is 0 Å². The van der Waals surface area contributed by atoms with Crippen molar-refractivity contribution in [2.24, 2.45) is 17.2 Å². The number of hydrogen-bond acceptors (Lipinski definition) is 7. The quantitative estimate of drug-likeness (QED) is 0.158. The minimum atomic E-state index is 0.159. The number of anilines is 1. The second kappa shape index (κ2) is 11.0. The van der Waals surface area contributed by atoms with Crippen molar-refractivity contribution in [2.75, 3.05) is 5.73 Å². The zero-order chi connectivity index (χ0) is 23.1. The summed E-state index contributed by atoms with van der Waals surface area (Å²) in [7, 11) is 0. The maximum absolute atomic E-state index is 8.58. The third-order valence-electron chi connectivity index (χ3n) is 5.89. The monoisotopic (exact) mass is 448 g/mol. The van der Waals surface area contributed by atoms with E-state index in [0.29, 0.717) is 34.6 Å². The van der Waals surface area contributed by atoms with Crippen LogP contribution in [0.25, 0.3) is 11.6 Å². The molecule has 1 fully saturated rings. The van der Waals surface area contributed by atoms with E-state index in [2.05, 4.69) is 17.4 Å². The molecule has 0 atom stereocenters. The maximum Gasteiger partial charge on any atom is 0.0862 e. The molecule has 10 N–H and O–H groups in total. The van der Waals surface area contributed by atoms with Gasteiger partial charge in [-0.25, -0.2) is 0 Å². The first-order chi connectivity index (χ1) is 15.4. The Morgan fingerprint density at radius 2 is 1.88 bits per heavy atom. The highest BCUT2D eigenvalue weighted by Crippen LogP contribution is 2.22. The number of nitrogen functional groups attached to an aromatic ring is 1. The van der Waals surface area contributed by atoms with Gasteiger partial charge in [0.1, 0.15) is 0 Å². The molecule has 0 aliphatic heterocycles. The molecule has 1 aliphatic rings. The van der Waals surface area contributed by atoms with Crippen molar-refractivity contribution in [3.8, 4) is 0 Å². The Labute approximate surface area is 195 Å². The Hall–Kier alpha value is -3.00. The lowest BCUT2D eigenvalue weighted by atomic mass is 9.91. The molecule has 1 aliphatic carbocycles. The Kier molecular flexibility index (Phi) is 8.16. The summed E-state index contributed by atoms with van der Waals surface area (Å²) in [5.41, 5.74) is 29.1. The Morgan fingerprint density at radius 1 is 1.12 bits per heavy atom. The fourth-order valence-corrected chi connectivity index (χ4v) is 4.16. The van der Waals surface area contributed by atoms with Gasteiger partial charge in [-0.15, -0.1) is 0 Å². The molecule has 32 heavy (non-hydrogen) atoms. The standard InChI is InChI=1S/C25H32N6S/c26-13-19(15-32)18-4-9-23(28)22(12-18)25(30)24(29)11-16-2-1-3-17(10-16)14-31-21-7-5-20(27)6-8-21/h1-4,9-13,15,20-21,30-31H,5-8,14,26-29H2/b19-13?,24-11-,30-25?. The van der Waals surface area contributed by atoms with Gasteiger partial charge in [-0.1, -0.05) is 42.5 Å². The zero-order valence-corrected chi connectivity index (χ0v) is 19.0. The molecule has 7 heteroatoms. The van der Waals surface area contributed by atoms with Crippen LogP contribution in [0.1, 0.15) is 47.9 Å². The summed E-state index contributed by atoms with van der Waals surface area (Å²) < 4.78 is 0. The normalized spacial score (nSPS) is 19.5. The number of rotatable bonds is 8. The summed E-state index contributed by atoms with van der Waals surface area (Å²) in [4.78, 5) is 0. The first kappa shape index (κ1) is 23.7. The molecule has 2 aromatic rings. The van der Waals surface area contributed by atoms with Gasteiger partial charge in [0.05, 0.1) is 11.4 Å². The highest BCUT2D eigenvalue weighted by Gasteiger charge is 2.17. The Balaban J connectivity index is 1.73. The number of hydrogen-bond donors (Lipinski definition) is 6. The molecule has 2 aromatic carbocycles. The third-order valence-corrected chi connectivity index (χ3v) is 6.15. The van der Waals surface area contributed by atoms with Crippen molar-refractivity contribution in [3.63, 3.8) is 0 Å². The SMILES string of the molecule is N=C(/C(N)=C/c1cccc(CNC2CCC(N)CC2)c1)c1cc(C(C=S)=CN)ccc1N. The number of benzene rings is 2. The second-order valence-corrected chi connectivity index (χ2v) is 8.49. The lowest BCUT2D eigenvalue weighted by Crippen LogP contribution is -2.37. The van der Waals surface area contributed by atoms with E-state index < -0.39 is 0 Å². The predicted molar refractivity (Wildman–Crippen MR) is 139 cm³/mol. The Bertz CT molecular complexity index is 1030. The van der Waals surface area contributed by atoms with Crippen molar-refractivity contribution in [2.45, 2.75) is 44.3 Å². The van der Waals surface area contributed by atoms with Gasteiger partial charge in [0.15, 0.2) is 0 Å². The van der Waals surface area contributed by atoms with E-state index in [9.17, 15) is 0 Å². The fraction of sp³-hybridized carbons (Fsp3) is 0.280. The maximum atomic E-state index is 8.58. The molecule has 0 heterocycles. The molecule has 3 rings (SSSR count). The summed E-state index contributed by atoms with van der Waals surface area (Å²) in [6.45, 7) is 0.791. The molecule has 0 saturated heterocycles. The van der Waals surface area contributed by atoms with Crippen LogP contribution in [0.5, 0.6) is 0 Å². The van der Waals surface area contributed by atoms with Gasteiger partial charge >= 0.3 is 0 Å². The highest BCUT2D eigenvalue weighted by atomic mass is 32.1. The van der Waals surface area contributed by atoms with Crippen molar-refractivity contribution in [1.82, 2.24) is 5.32 Å². The molecule has 0 radical (unpaired) electrons. The minimum absolute atomic E-state index is 0.159. The average Bonchev–Trinajstić information content (AvgIpc) is 2.80. The van der Waals surface area contributed by atoms with Crippen molar-refractivity contribution >= 4 is 40.6 Å². The van der Waals surface area contributed by atoms with Crippen LogP contribution < -0.4 is 28.3 Å². The van der Waals surface area contributed by atoms with Gasteiger partial charge in [-0.3, -0.25) is 5.41 Å². The smallest absolute Gasteiger partial charge is 0.0862 e. The molecule has 0 spiro atoms. The van der Waals surface area contributed by atoms with Crippen LogP contribution in [0.2, 0.25) is 0 Å². The zero-order valence-electron chi connectivity index (χ0n) is 18.2. The first-order valence-electron chi connectivity index (χ1n) is 10.8. The molecular weight excluding hydrogens is 416 g/mol. The van der Waals surface area contributed by atoms with Gasteiger partial charge in [-0.2, -0.15) is 0 Å². The van der Waals surface area contributed by atoms with Crippen LogP contribution >= 0.6 is 12.2 Å². The van der Waals surface area contributed by atoms with E-state index in [0.717, 1.165) is 43.4 Å². The molecular formula is C25H32N6S. The van der Waals surface area contributed by atoms with E-state index in [1.54, 1.807) is 18.2 Å². The van der Waals surface area contributed by atoms with Crippen LogP contribution in [-0.4, -0.2) is 23.2 Å². The van der Waals surface area contributed by atoms with E-state index in [-0.39, 0.29) is 5.71 Å². The van der Waals surface area contributed by atoms with Crippen molar-refractivity contribution in [3.05, 3.63) is 76.6 Å². The van der Waals surface area contributed by atoms with Crippen LogP contribution in [0.15, 0.2) is 54.4 Å². The summed E-state index contributed by atoms with van der Waals surface area (Å²) in [6, 6.07) is 14.4. The minimum Gasteiger partial charge on any atom is -0.404 e. The fourth-order valence-electron chi connectivity index (χ4n) is 3.94. The molecule has 168 valence electrons. The third kappa shape index (κ3) is 6.03. The number of thiocarbonyl (C=S) groups is 1. The number of nitrogens with two attached hydrogens (primary N) is 4. The van der Waals surface area contributed by atoms with E-state index in [1.807, 2.05) is 18.2 Å². The number of allylic oxidation sites excluding steroid dienone is 2. The second-order valence-electron chi connectivity index (χ2n) is 8.25. The molecule has 6 nitrogen and oxygen atoms in total. The average molecular weight is 449 g/mol. The topological polar surface area (TPSA) is 140 Å². The molecule has 0 unspecified atom stereocenters. The highest BCUT2D eigenvalue weighted by molar-refractivity contribution is 7.79. The van der Waals surface area contributed by atoms with E-state index in [4.69, 9.17) is 40.6 Å². The van der Waals surface area contributed by atoms with Crippen molar-refractivity contribution in [1.29, 1.82) is 5.41 Å². The summed E-state index contributed by atoms with van der Waals surface area (Å²) in [6.07, 6.45) is 7.64. The lowest BCUT2D eigenvalue weighted by Gasteiger charge is -2.27.